The second kappa shape index (κ2) is 21.2. The van der Waals surface area contributed by atoms with Gasteiger partial charge in [-0.05, 0) is 0 Å². The Labute approximate surface area is 139 Å². The van der Waals surface area contributed by atoms with E-state index < -0.39 is 0 Å². The van der Waals surface area contributed by atoms with E-state index in [1.807, 2.05) is 0 Å². The largest absolute Gasteiger partial charge is 3.00 e. The first kappa shape index (κ1) is 25.6. The van der Waals surface area contributed by atoms with Crippen molar-refractivity contribution in [2.24, 2.45) is 0 Å². The predicted molar refractivity (Wildman–Crippen MR) is 80.9 cm³/mol. The van der Waals surface area contributed by atoms with Gasteiger partial charge in [-0.1, -0.05) is 0 Å². The molecule has 16 heavy (non-hydrogen) atoms. The minimum atomic E-state index is 0. The van der Waals surface area contributed by atoms with Crippen LogP contribution in [0.3, 0.4) is 0 Å². The van der Waals surface area contributed by atoms with Crippen LogP contribution in [0.4, 0.5) is 0 Å². The minimum Gasteiger partial charge on any atom is -0.517 e. The van der Waals surface area contributed by atoms with Crippen LogP contribution in [0.5, 0.6) is 0 Å². The maximum atomic E-state index is 4.30. The molecule has 0 atom stereocenters. The second-order valence-corrected chi connectivity index (χ2v) is 4.36. The third kappa shape index (κ3) is 60.6. The molecule has 0 heterocycles. The minimum absolute atomic E-state index is 0. The van der Waals surface area contributed by atoms with Gasteiger partial charge in [0.1, 0.15) is 0 Å². The molecule has 0 rings (SSSR count). The van der Waals surface area contributed by atoms with Crippen molar-refractivity contribution in [3.63, 3.8) is 0 Å². The van der Waals surface area contributed by atoms with Crippen LogP contribution in [-0.4, -0.2) is 34.5 Å². The molecule has 0 aliphatic rings. The Morgan fingerprint density at radius 1 is 0.688 bits per heavy atom. The molecule has 10 heteroatoms. The summed E-state index contributed by atoms with van der Waals surface area (Å²) in [4.78, 5) is 0. The summed E-state index contributed by atoms with van der Waals surface area (Å²) in [6, 6.07) is 0. The zero-order valence-electron chi connectivity index (χ0n) is 8.58. The Balaban J connectivity index is -0.0000000655. The van der Waals surface area contributed by atoms with Gasteiger partial charge in [-0.25, -0.2) is 0 Å². The molecule has 0 spiro atoms. The number of ether oxygens (including phenoxy) is 3. The standard InChI is InChI=1S/3C2H4OS2.Cr/c3*1-3-2(4)5;/h3*1H3,(H,4,5);/q;;;+3/p-3. The van der Waals surface area contributed by atoms with E-state index in [1.165, 1.54) is 21.3 Å². The van der Waals surface area contributed by atoms with Gasteiger partial charge in [0.2, 0.25) is 0 Å². The Bertz CT molecular complexity index is 167. The topological polar surface area (TPSA) is 27.7 Å². The zero-order valence-corrected chi connectivity index (χ0v) is 14.8. The SMILES string of the molecule is COC(=S)[S-].COC(=S)[S-].COC(=S)[S-].[Cr+3]. The molecule has 3 nitrogen and oxygen atoms in total. The van der Waals surface area contributed by atoms with Crippen molar-refractivity contribution in [2.75, 3.05) is 21.3 Å². The quantitative estimate of drug-likeness (QED) is 0.461. The van der Waals surface area contributed by atoms with Gasteiger partial charge < -0.3 is 88.8 Å². The average molecular weight is 374 g/mol. The summed E-state index contributed by atoms with van der Waals surface area (Å²) in [6.07, 6.45) is 0. The van der Waals surface area contributed by atoms with E-state index in [-0.39, 0.29) is 30.5 Å². The molecule has 0 aromatic rings. The Kier molecular flexibility index (Phi) is 33.9. The molecule has 0 unspecified atom stereocenters. The maximum absolute atomic E-state index is 4.30. The molecule has 0 aromatic carbocycles. The molecule has 0 N–H and O–H groups in total. The summed E-state index contributed by atoms with van der Waals surface area (Å²) >= 11 is 25.7. The fourth-order valence-electron chi connectivity index (χ4n) is 0. The van der Waals surface area contributed by atoms with Gasteiger partial charge in [0.25, 0.3) is 0 Å². The first-order valence-corrected chi connectivity index (χ1v) is 5.51. The van der Waals surface area contributed by atoms with Crippen LogP contribution in [0.1, 0.15) is 0 Å². The van der Waals surface area contributed by atoms with Crippen LogP contribution < -0.4 is 0 Å². The molecular formula is C6H9CrO3S6. The first-order chi connectivity index (χ1) is 6.81. The van der Waals surface area contributed by atoms with Crippen LogP contribution in [0, 0.1) is 0 Å². The first-order valence-electron chi connectivity index (χ1n) is 3.06. The third-order valence-corrected chi connectivity index (χ3v) is 1.50. The molecule has 1 radical (unpaired) electrons. The van der Waals surface area contributed by atoms with Crippen LogP contribution in [0.15, 0.2) is 0 Å². The van der Waals surface area contributed by atoms with Crippen molar-refractivity contribution in [3.8, 4) is 0 Å². The molecule has 0 amide bonds. The van der Waals surface area contributed by atoms with Gasteiger partial charge in [0, 0.05) is 13.1 Å². The van der Waals surface area contributed by atoms with E-state index in [2.05, 4.69) is 88.8 Å². The summed E-state index contributed by atoms with van der Waals surface area (Å²) in [5.41, 5.74) is 0. The molecular weight excluding hydrogens is 364 g/mol. The van der Waals surface area contributed by atoms with Crippen LogP contribution >= 0.6 is 36.7 Å². The monoisotopic (exact) mass is 373 g/mol. The van der Waals surface area contributed by atoms with Gasteiger partial charge in [-0.2, -0.15) is 0 Å². The molecule has 93 valence electrons. The maximum Gasteiger partial charge on any atom is 3.00 e. The molecule has 0 aliphatic heterocycles. The fraction of sp³-hybridized carbons (Fsp3) is 0.500. The summed E-state index contributed by atoms with van der Waals surface area (Å²) in [5, 5.41) is 0. The number of methoxy groups -OCH3 is 3. The van der Waals surface area contributed by atoms with E-state index in [0.717, 1.165) is 0 Å². The van der Waals surface area contributed by atoms with E-state index in [9.17, 15) is 0 Å². The van der Waals surface area contributed by atoms with Crippen LogP contribution in [-0.2, 0) is 69.5 Å². The fourth-order valence-corrected chi connectivity index (χ4v) is 0. The van der Waals surface area contributed by atoms with Gasteiger partial charge in [-0.15, -0.1) is 0 Å². The van der Waals surface area contributed by atoms with Crippen LogP contribution in [0.25, 0.3) is 0 Å². The Morgan fingerprint density at radius 3 is 0.750 bits per heavy atom. The van der Waals surface area contributed by atoms with E-state index in [4.69, 9.17) is 0 Å². The third-order valence-electron chi connectivity index (χ3n) is 0.500. The van der Waals surface area contributed by atoms with Crippen molar-refractivity contribution >= 4 is 87.7 Å². The van der Waals surface area contributed by atoms with Gasteiger partial charge >= 0.3 is 17.4 Å². The summed E-state index contributed by atoms with van der Waals surface area (Å²) in [7, 11) is 4.36. The molecule has 0 aromatic heterocycles. The van der Waals surface area contributed by atoms with Crippen molar-refractivity contribution in [1.82, 2.24) is 0 Å². The van der Waals surface area contributed by atoms with Crippen molar-refractivity contribution in [3.05, 3.63) is 0 Å². The van der Waals surface area contributed by atoms with Crippen molar-refractivity contribution < 1.29 is 31.6 Å². The van der Waals surface area contributed by atoms with Gasteiger partial charge in [0.15, 0.2) is 0 Å². The van der Waals surface area contributed by atoms with Crippen LogP contribution in [0.2, 0.25) is 0 Å². The van der Waals surface area contributed by atoms with Gasteiger partial charge in [-0.3, -0.25) is 0 Å². The van der Waals surface area contributed by atoms with E-state index in [1.54, 1.807) is 0 Å². The normalized spacial score (nSPS) is 6.19. The molecule has 0 fully saturated rings. The summed E-state index contributed by atoms with van der Waals surface area (Å²) in [6.45, 7) is 0. The smallest absolute Gasteiger partial charge is 0.517 e. The van der Waals surface area contributed by atoms with E-state index in [0.29, 0.717) is 0 Å². The second-order valence-electron chi connectivity index (χ2n) is 1.36. The number of thiocarbonyl (C=S) groups is 3. The number of hydrogen-bond donors (Lipinski definition) is 0. The van der Waals surface area contributed by atoms with Crippen molar-refractivity contribution in [1.29, 1.82) is 0 Å². The average Bonchev–Trinajstić information content (AvgIpc) is 2.19. The predicted octanol–water partition coefficient (Wildman–Crippen LogP) is 1.39. The Hall–Kier alpha value is 0.862. The molecule has 0 saturated carbocycles. The number of hydrogen-bond acceptors (Lipinski definition) is 9. The van der Waals surface area contributed by atoms with Gasteiger partial charge in [0.05, 0.1) is 21.3 Å². The number of rotatable bonds is 0. The molecule has 0 saturated heterocycles. The van der Waals surface area contributed by atoms with Crippen molar-refractivity contribution in [2.45, 2.75) is 0 Å². The molecule has 0 bridgehead atoms. The molecule has 0 aliphatic carbocycles. The Morgan fingerprint density at radius 2 is 0.750 bits per heavy atom. The van der Waals surface area contributed by atoms with E-state index >= 15 is 0 Å². The summed E-state index contributed by atoms with van der Waals surface area (Å²) in [5.74, 6) is 0. The zero-order chi connectivity index (χ0) is 12.9. The summed E-state index contributed by atoms with van der Waals surface area (Å²) < 4.78 is 13.4.